The highest BCUT2D eigenvalue weighted by Crippen LogP contribution is 2.32. The molecule has 0 aliphatic carbocycles. The van der Waals surface area contributed by atoms with Gasteiger partial charge in [-0.25, -0.2) is 0 Å². The minimum atomic E-state index is 0.378. The van der Waals surface area contributed by atoms with E-state index in [1.54, 1.807) is 11.3 Å². The lowest BCUT2D eigenvalue weighted by molar-refractivity contribution is 0.0996. The summed E-state index contributed by atoms with van der Waals surface area (Å²) in [4.78, 5) is 6.46. The zero-order chi connectivity index (χ0) is 13.0. The molecule has 1 aromatic heterocycles. The van der Waals surface area contributed by atoms with Gasteiger partial charge in [-0.3, -0.25) is 4.90 Å². The van der Waals surface area contributed by atoms with Crippen LogP contribution in [0, 0.1) is 0 Å². The highest BCUT2D eigenvalue weighted by Gasteiger charge is 2.25. The number of rotatable bonds is 5. The van der Waals surface area contributed by atoms with Gasteiger partial charge >= 0.3 is 0 Å². The van der Waals surface area contributed by atoms with Gasteiger partial charge in [-0.15, -0.1) is 11.3 Å². The summed E-state index contributed by atoms with van der Waals surface area (Å²) < 4.78 is 1.21. The van der Waals surface area contributed by atoms with E-state index in [4.69, 9.17) is 5.73 Å². The molecule has 18 heavy (non-hydrogen) atoms. The molecule has 3 nitrogen and oxygen atoms in total. The molecular weight excluding hydrogens is 310 g/mol. The van der Waals surface area contributed by atoms with Crippen molar-refractivity contribution in [3.63, 3.8) is 0 Å². The summed E-state index contributed by atoms with van der Waals surface area (Å²) in [6, 6.07) is 2.50. The fourth-order valence-corrected chi connectivity index (χ4v) is 4.37. The lowest BCUT2D eigenvalue weighted by Crippen LogP contribution is -2.49. The average Bonchev–Trinajstić information content (AvgIpc) is 2.79. The molecule has 2 heterocycles. The number of halogens is 1. The van der Waals surface area contributed by atoms with Crippen LogP contribution in [0.3, 0.4) is 0 Å². The SMILES string of the molecule is CCCN1CCN(C(CN)c2sccc2Br)CC1. The fourth-order valence-electron chi connectivity index (χ4n) is 2.58. The highest BCUT2D eigenvalue weighted by molar-refractivity contribution is 9.10. The molecule has 0 aromatic carbocycles. The standard InChI is InChI=1S/C13H22BrN3S/c1-2-4-16-5-7-17(8-6-16)12(10-15)13-11(14)3-9-18-13/h3,9,12H,2,4-8,10,15H2,1H3. The van der Waals surface area contributed by atoms with Crippen molar-refractivity contribution in [3.8, 4) is 0 Å². The van der Waals surface area contributed by atoms with Gasteiger partial charge in [0.05, 0.1) is 6.04 Å². The lowest BCUT2D eigenvalue weighted by atomic mass is 10.1. The van der Waals surface area contributed by atoms with Crippen LogP contribution < -0.4 is 5.73 Å². The van der Waals surface area contributed by atoms with Gasteiger partial charge in [-0.05, 0) is 40.3 Å². The summed E-state index contributed by atoms with van der Waals surface area (Å²) in [5.74, 6) is 0. The van der Waals surface area contributed by atoms with Crippen molar-refractivity contribution in [1.29, 1.82) is 0 Å². The Balaban J connectivity index is 1.97. The average molecular weight is 332 g/mol. The number of thiophene rings is 1. The molecule has 0 amide bonds. The Kier molecular flexibility index (Phi) is 5.63. The van der Waals surface area contributed by atoms with Gasteiger partial charge in [0.2, 0.25) is 0 Å². The monoisotopic (exact) mass is 331 g/mol. The zero-order valence-electron chi connectivity index (χ0n) is 10.9. The first-order valence-electron chi connectivity index (χ1n) is 6.65. The third-order valence-corrected chi connectivity index (χ3v) is 5.53. The molecular formula is C13H22BrN3S. The molecule has 1 aromatic rings. The second-order valence-electron chi connectivity index (χ2n) is 4.76. The normalized spacial score (nSPS) is 20.2. The molecule has 5 heteroatoms. The van der Waals surface area contributed by atoms with Crippen LogP contribution in [0.2, 0.25) is 0 Å². The molecule has 0 saturated carbocycles. The van der Waals surface area contributed by atoms with Gasteiger partial charge in [-0.2, -0.15) is 0 Å². The molecule has 1 saturated heterocycles. The van der Waals surface area contributed by atoms with Gasteiger partial charge in [0.15, 0.2) is 0 Å². The van der Waals surface area contributed by atoms with Gasteiger partial charge < -0.3 is 10.6 Å². The molecule has 0 bridgehead atoms. The first-order chi connectivity index (χ1) is 8.76. The second kappa shape index (κ2) is 7.01. The molecule has 1 unspecified atom stereocenters. The Labute approximate surface area is 122 Å². The Morgan fingerprint density at radius 1 is 1.39 bits per heavy atom. The molecule has 1 fully saturated rings. The van der Waals surface area contributed by atoms with Crippen LogP contribution >= 0.6 is 27.3 Å². The molecule has 2 rings (SSSR count). The summed E-state index contributed by atoms with van der Waals surface area (Å²) in [7, 11) is 0. The number of hydrogen-bond acceptors (Lipinski definition) is 4. The molecule has 102 valence electrons. The summed E-state index contributed by atoms with van der Waals surface area (Å²) in [6.45, 7) is 8.79. The van der Waals surface area contributed by atoms with E-state index in [-0.39, 0.29) is 0 Å². The Bertz CT molecular complexity index is 361. The molecule has 1 aliphatic heterocycles. The van der Waals surface area contributed by atoms with Gasteiger partial charge in [0, 0.05) is 42.1 Å². The predicted octanol–water partition coefficient (Wildman–Crippen LogP) is 2.54. The second-order valence-corrected chi connectivity index (χ2v) is 6.56. The zero-order valence-corrected chi connectivity index (χ0v) is 13.3. The topological polar surface area (TPSA) is 32.5 Å². The number of piperazine rings is 1. The maximum absolute atomic E-state index is 5.99. The predicted molar refractivity (Wildman–Crippen MR) is 82.1 cm³/mol. The van der Waals surface area contributed by atoms with Crippen LogP contribution in [0.4, 0.5) is 0 Å². The van der Waals surface area contributed by atoms with Gasteiger partial charge in [0.25, 0.3) is 0 Å². The first kappa shape index (κ1) is 14.5. The lowest BCUT2D eigenvalue weighted by Gasteiger charge is -2.38. The van der Waals surface area contributed by atoms with E-state index >= 15 is 0 Å². The van der Waals surface area contributed by atoms with Crippen molar-refractivity contribution in [1.82, 2.24) is 9.80 Å². The fraction of sp³-hybridized carbons (Fsp3) is 0.692. The smallest absolute Gasteiger partial charge is 0.0576 e. The van der Waals surface area contributed by atoms with Crippen LogP contribution in [0.5, 0.6) is 0 Å². The van der Waals surface area contributed by atoms with Crippen molar-refractivity contribution in [2.45, 2.75) is 19.4 Å². The Morgan fingerprint density at radius 2 is 2.11 bits per heavy atom. The van der Waals surface area contributed by atoms with Crippen LogP contribution in [-0.2, 0) is 0 Å². The Morgan fingerprint density at radius 3 is 2.61 bits per heavy atom. The maximum Gasteiger partial charge on any atom is 0.0576 e. The molecule has 0 radical (unpaired) electrons. The number of nitrogens with zero attached hydrogens (tertiary/aromatic N) is 2. The third kappa shape index (κ3) is 3.33. The van der Waals surface area contributed by atoms with Crippen LogP contribution in [-0.4, -0.2) is 49.1 Å². The van der Waals surface area contributed by atoms with Crippen LogP contribution in [0.25, 0.3) is 0 Å². The molecule has 2 N–H and O–H groups in total. The van der Waals surface area contributed by atoms with Crippen molar-refractivity contribution >= 4 is 27.3 Å². The molecule has 1 atom stereocenters. The van der Waals surface area contributed by atoms with E-state index in [9.17, 15) is 0 Å². The Hall–Kier alpha value is 0.0600. The first-order valence-corrected chi connectivity index (χ1v) is 8.33. The van der Waals surface area contributed by atoms with Gasteiger partial charge in [0.1, 0.15) is 0 Å². The van der Waals surface area contributed by atoms with Crippen molar-refractivity contribution in [3.05, 3.63) is 20.8 Å². The summed E-state index contributed by atoms with van der Waals surface area (Å²) in [6.07, 6.45) is 1.25. The number of hydrogen-bond donors (Lipinski definition) is 1. The van der Waals surface area contributed by atoms with Crippen molar-refractivity contribution in [2.75, 3.05) is 39.3 Å². The number of nitrogens with two attached hydrogens (primary N) is 1. The van der Waals surface area contributed by atoms with E-state index in [1.807, 2.05) is 0 Å². The quantitative estimate of drug-likeness (QED) is 0.899. The van der Waals surface area contributed by atoms with Crippen LogP contribution in [0.15, 0.2) is 15.9 Å². The summed E-state index contributed by atoms with van der Waals surface area (Å²) in [5, 5.41) is 2.13. The largest absolute Gasteiger partial charge is 0.329 e. The molecule has 1 aliphatic rings. The molecule has 0 spiro atoms. The van der Waals surface area contributed by atoms with E-state index in [2.05, 4.69) is 44.1 Å². The van der Waals surface area contributed by atoms with E-state index in [0.29, 0.717) is 12.6 Å². The highest BCUT2D eigenvalue weighted by atomic mass is 79.9. The minimum Gasteiger partial charge on any atom is -0.329 e. The van der Waals surface area contributed by atoms with Crippen molar-refractivity contribution in [2.24, 2.45) is 5.73 Å². The summed E-state index contributed by atoms with van der Waals surface area (Å²) >= 11 is 5.43. The van der Waals surface area contributed by atoms with Crippen LogP contribution in [0.1, 0.15) is 24.3 Å². The maximum atomic E-state index is 5.99. The van der Waals surface area contributed by atoms with Crippen molar-refractivity contribution < 1.29 is 0 Å². The third-order valence-electron chi connectivity index (χ3n) is 3.56. The van der Waals surface area contributed by atoms with E-state index < -0.39 is 0 Å². The summed E-state index contributed by atoms with van der Waals surface area (Å²) in [5.41, 5.74) is 5.99. The van der Waals surface area contributed by atoms with E-state index in [1.165, 1.54) is 35.4 Å². The van der Waals surface area contributed by atoms with E-state index in [0.717, 1.165) is 13.1 Å². The minimum absolute atomic E-state index is 0.378. The van der Waals surface area contributed by atoms with Gasteiger partial charge in [-0.1, -0.05) is 6.92 Å².